The molecule has 0 aliphatic heterocycles. The highest BCUT2D eigenvalue weighted by atomic mass is 16.5. The Hall–Kier alpha value is -6.94. The fourth-order valence-electron chi connectivity index (χ4n) is 6.05. The van der Waals surface area contributed by atoms with Gasteiger partial charge in [-0.25, -0.2) is 0 Å². The van der Waals surface area contributed by atoms with E-state index < -0.39 is 0 Å². The lowest BCUT2D eigenvalue weighted by molar-refractivity contribution is -0.136. The number of hydrogen-bond acceptors (Lipinski definition) is 10. The summed E-state index contributed by atoms with van der Waals surface area (Å²) in [5.74, 6) is 3.15. The molecule has 6 aromatic rings. The summed E-state index contributed by atoms with van der Waals surface area (Å²) < 4.78 is 32.6. The number of ether oxygens (including phenoxy) is 6. The largest absolute Gasteiger partial charge is 0.497 e. The summed E-state index contributed by atoms with van der Waals surface area (Å²) in [4.78, 5) is 29.6. The minimum atomic E-state index is -0.373. The van der Waals surface area contributed by atoms with Crippen molar-refractivity contribution >= 4 is 46.1 Å². The summed E-state index contributed by atoms with van der Waals surface area (Å²) in [7, 11) is 6.54. The number of rotatable bonds is 17. The molecule has 0 saturated carbocycles. The molecule has 56 heavy (non-hydrogen) atoms. The Morgan fingerprint density at radius 3 is 0.732 bits per heavy atom. The highest BCUT2D eigenvalue weighted by Gasteiger charge is 2.16. The lowest BCUT2D eigenvalue weighted by Crippen LogP contribution is -2.11. The van der Waals surface area contributed by atoms with Crippen molar-refractivity contribution in [2.45, 2.75) is 25.7 Å². The van der Waals surface area contributed by atoms with Gasteiger partial charge in [0.25, 0.3) is 0 Å². The van der Waals surface area contributed by atoms with Gasteiger partial charge >= 0.3 is 11.9 Å². The molecular formula is C46H44N2O8. The van der Waals surface area contributed by atoms with E-state index in [9.17, 15) is 9.59 Å². The van der Waals surface area contributed by atoms with Crippen LogP contribution in [0.15, 0.2) is 146 Å². The standard InChI is InChI=1S/C46H44N2O8/c1-51-39-21-9-33(10-22-39)47(34-11-23-40(52-2)24-12-34)37-17-29-43(30-18-37)55-45(49)7-5-6-8-46(50)56-44-31-19-38(20-32-44)48(35-13-25-41(53-3)26-14-35)36-15-27-42(54-4)28-16-36/h9-32H,5-8H2,1-4H3. The van der Waals surface area contributed by atoms with Crippen molar-refractivity contribution in [2.75, 3.05) is 38.2 Å². The summed E-state index contributed by atoms with van der Waals surface area (Å²) >= 11 is 0. The first-order chi connectivity index (χ1) is 27.4. The van der Waals surface area contributed by atoms with Crippen molar-refractivity contribution in [1.82, 2.24) is 0 Å². The predicted octanol–water partition coefficient (Wildman–Crippen LogP) is 10.7. The van der Waals surface area contributed by atoms with Gasteiger partial charge in [0.15, 0.2) is 0 Å². The lowest BCUT2D eigenvalue weighted by Gasteiger charge is -2.26. The zero-order valence-corrected chi connectivity index (χ0v) is 31.8. The number of esters is 2. The van der Waals surface area contributed by atoms with Crippen molar-refractivity contribution in [3.63, 3.8) is 0 Å². The van der Waals surface area contributed by atoms with Crippen molar-refractivity contribution in [2.24, 2.45) is 0 Å². The maximum atomic E-state index is 12.7. The zero-order valence-electron chi connectivity index (χ0n) is 31.8. The fourth-order valence-corrected chi connectivity index (χ4v) is 6.05. The van der Waals surface area contributed by atoms with E-state index in [2.05, 4.69) is 9.80 Å². The van der Waals surface area contributed by atoms with Gasteiger partial charge in [0.1, 0.15) is 34.5 Å². The molecule has 10 nitrogen and oxygen atoms in total. The Morgan fingerprint density at radius 2 is 0.536 bits per heavy atom. The summed E-state index contributed by atoms with van der Waals surface area (Å²) in [6.07, 6.45) is 1.29. The van der Waals surface area contributed by atoms with Gasteiger partial charge in [-0.2, -0.15) is 0 Å². The second kappa shape index (κ2) is 18.9. The van der Waals surface area contributed by atoms with Crippen LogP contribution in [0, 0.1) is 0 Å². The molecule has 0 spiro atoms. The first-order valence-electron chi connectivity index (χ1n) is 18.2. The third-order valence-electron chi connectivity index (χ3n) is 8.99. The number of hydrogen-bond donors (Lipinski definition) is 0. The predicted molar refractivity (Wildman–Crippen MR) is 218 cm³/mol. The van der Waals surface area contributed by atoms with Gasteiger partial charge in [-0.3, -0.25) is 9.59 Å². The molecule has 0 amide bonds. The molecule has 6 rings (SSSR count). The maximum absolute atomic E-state index is 12.7. The van der Waals surface area contributed by atoms with Crippen molar-refractivity contribution < 1.29 is 38.0 Å². The topological polar surface area (TPSA) is 96.0 Å². The van der Waals surface area contributed by atoms with E-state index >= 15 is 0 Å². The van der Waals surface area contributed by atoms with Crippen molar-refractivity contribution in [3.05, 3.63) is 146 Å². The van der Waals surface area contributed by atoms with Gasteiger partial charge in [-0.1, -0.05) is 0 Å². The average molecular weight is 753 g/mol. The van der Waals surface area contributed by atoms with Crippen LogP contribution in [0.4, 0.5) is 34.1 Å². The molecule has 0 bridgehead atoms. The quantitative estimate of drug-likeness (QED) is 0.0509. The SMILES string of the molecule is COc1ccc(N(c2ccc(OC)cc2)c2ccc(OC(=O)CCCCC(=O)Oc3ccc(N(c4ccc(OC)cc4)c4ccc(OC)cc4)cc3)cc2)cc1. The van der Waals surface area contributed by atoms with Crippen LogP contribution < -0.4 is 38.2 Å². The first-order valence-corrected chi connectivity index (χ1v) is 18.2. The molecule has 0 aliphatic carbocycles. The Kier molecular flexibility index (Phi) is 13.1. The summed E-state index contributed by atoms with van der Waals surface area (Å²) in [5.41, 5.74) is 5.46. The monoisotopic (exact) mass is 752 g/mol. The summed E-state index contributed by atoms with van der Waals surface area (Å²) in [6.45, 7) is 0. The van der Waals surface area contributed by atoms with Crippen LogP contribution in [0.2, 0.25) is 0 Å². The molecule has 0 aromatic heterocycles. The van der Waals surface area contributed by atoms with E-state index in [0.29, 0.717) is 24.3 Å². The van der Waals surface area contributed by atoms with Gasteiger partial charge in [-0.15, -0.1) is 0 Å². The minimum Gasteiger partial charge on any atom is -0.497 e. The Labute approximate surface area is 327 Å². The molecule has 0 unspecified atom stereocenters. The molecule has 0 atom stereocenters. The van der Waals surface area contributed by atoms with Gasteiger partial charge in [0, 0.05) is 47.0 Å². The highest BCUT2D eigenvalue weighted by Crippen LogP contribution is 2.38. The van der Waals surface area contributed by atoms with E-state index in [1.165, 1.54) is 0 Å². The number of nitrogens with zero attached hydrogens (tertiary/aromatic N) is 2. The minimum absolute atomic E-state index is 0.167. The molecule has 10 heteroatoms. The lowest BCUT2D eigenvalue weighted by atomic mass is 10.1. The molecule has 0 radical (unpaired) electrons. The van der Waals surface area contributed by atoms with Crippen LogP contribution in [0.1, 0.15) is 25.7 Å². The molecule has 0 saturated heterocycles. The van der Waals surface area contributed by atoms with Gasteiger partial charge in [0.05, 0.1) is 28.4 Å². The summed E-state index contributed by atoms with van der Waals surface area (Å²) in [6, 6.07) is 45.7. The van der Waals surface area contributed by atoms with Crippen molar-refractivity contribution in [3.8, 4) is 34.5 Å². The molecule has 286 valence electrons. The third kappa shape index (κ3) is 9.97. The van der Waals surface area contributed by atoms with Gasteiger partial charge in [0.2, 0.25) is 0 Å². The van der Waals surface area contributed by atoms with Gasteiger partial charge < -0.3 is 38.2 Å². The average Bonchev–Trinajstić information content (AvgIpc) is 3.25. The Morgan fingerprint density at radius 1 is 0.339 bits per heavy atom. The molecule has 0 aliphatic rings. The van der Waals surface area contributed by atoms with Gasteiger partial charge in [-0.05, 0) is 158 Å². The van der Waals surface area contributed by atoms with Crippen LogP contribution in [0.5, 0.6) is 34.5 Å². The number of benzene rings is 6. The van der Waals surface area contributed by atoms with Crippen LogP contribution >= 0.6 is 0 Å². The van der Waals surface area contributed by atoms with E-state index in [4.69, 9.17) is 28.4 Å². The molecule has 0 heterocycles. The van der Waals surface area contributed by atoms with Crippen molar-refractivity contribution in [1.29, 1.82) is 0 Å². The van der Waals surface area contributed by atoms with Crippen LogP contribution in [0.25, 0.3) is 0 Å². The first kappa shape index (κ1) is 38.8. The summed E-state index contributed by atoms with van der Waals surface area (Å²) in [5, 5.41) is 0. The van der Waals surface area contributed by atoms with E-state index in [0.717, 1.165) is 57.1 Å². The third-order valence-corrected chi connectivity index (χ3v) is 8.99. The highest BCUT2D eigenvalue weighted by molar-refractivity contribution is 5.79. The van der Waals surface area contributed by atoms with E-state index in [1.54, 1.807) is 52.7 Å². The Balaban J connectivity index is 1.00. The molecule has 6 aromatic carbocycles. The zero-order chi connectivity index (χ0) is 39.3. The fraction of sp³-hybridized carbons (Fsp3) is 0.174. The van der Waals surface area contributed by atoms with E-state index in [-0.39, 0.29) is 24.8 Å². The number of carbonyl (C=O) groups excluding carboxylic acids is 2. The number of anilines is 6. The van der Waals surface area contributed by atoms with Crippen LogP contribution in [0.3, 0.4) is 0 Å². The number of methoxy groups -OCH3 is 4. The molecule has 0 fully saturated rings. The second-order valence-corrected chi connectivity index (χ2v) is 12.6. The molecular weight excluding hydrogens is 709 g/mol. The Bertz CT molecular complexity index is 1900. The second-order valence-electron chi connectivity index (χ2n) is 12.6. The number of unbranched alkanes of at least 4 members (excludes halogenated alkanes) is 1. The molecule has 0 N–H and O–H groups in total. The van der Waals surface area contributed by atoms with E-state index in [1.807, 2.05) is 121 Å². The number of carbonyl (C=O) groups is 2. The van der Waals surface area contributed by atoms with Crippen LogP contribution in [-0.2, 0) is 9.59 Å². The van der Waals surface area contributed by atoms with Crippen LogP contribution in [-0.4, -0.2) is 40.4 Å². The maximum Gasteiger partial charge on any atom is 0.311 e. The normalized spacial score (nSPS) is 10.6. The smallest absolute Gasteiger partial charge is 0.311 e.